The van der Waals surface area contributed by atoms with Gasteiger partial charge in [0.1, 0.15) is 17.1 Å². The highest BCUT2D eigenvalue weighted by molar-refractivity contribution is 7.90. The zero-order valence-corrected chi connectivity index (χ0v) is 16.1. The van der Waals surface area contributed by atoms with Crippen LogP contribution in [0.4, 0.5) is 4.79 Å². The third-order valence-electron chi connectivity index (χ3n) is 4.27. The number of carbonyl (C=O) groups is 1. The van der Waals surface area contributed by atoms with Crippen LogP contribution in [0.25, 0.3) is 0 Å². The van der Waals surface area contributed by atoms with Gasteiger partial charge in [-0.2, -0.15) is 8.42 Å². The molecule has 1 saturated heterocycles. The summed E-state index contributed by atoms with van der Waals surface area (Å²) in [5.41, 5.74) is -0.102. The number of rotatable bonds is 2. The summed E-state index contributed by atoms with van der Waals surface area (Å²) >= 11 is 0. The average Bonchev–Trinajstić information content (AvgIpc) is 2.83. The van der Waals surface area contributed by atoms with Gasteiger partial charge in [0.25, 0.3) is 10.0 Å². The van der Waals surface area contributed by atoms with Crippen molar-refractivity contribution in [1.82, 2.24) is 4.90 Å². The number of carbonyl (C=O) groups excluding carboxylic acids is 1. The molecular formula is C18H24N2O5S. The highest BCUT2D eigenvalue weighted by atomic mass is 32.2. The van der Waals surface area contributed by atoms with Crippen molar-refractivity contribution in [2.75, 3.05) is 13.2 Å². The molecule has 142 valence electrons. The maximum atomic E-state index is 12.4. The monoisotopic (exact) mass is 380 g/mol. The van der Waals surface area contributed by atoms with E-state index >= 15 is 0 Å². The second kappa shape index (κ2) is 6.90. The lowest BCUT2D eigenvalue weighted by atomic mass is 10.0. The summed E-state index contributed by atoms with van der Waals surface area (Å²) in [6.45, 7) is 6.27. The smallest absolute Gasteiger partial charge is 0.410 e. The first-order valence-corrected chi connectivity index (χ1v) is 10.2. The minimum atomic E-state index is -3.70. The van der Waals surface area contributed by atoms with E-state index in [9.17, 15) is 13.2 Å². The Bertz CT molecular complexity index is 826. The number of fused-ring (bicyclic) bond motifs is 1. The predicted molar refractivity (Wildman–Crippen MR) is 96.7 cm³/mol. The maximum Gasteiger partial charge on any atom is 0.410 e. The van der Waals surface area contributed by atoms with Gasteiger partial charge >= 0.3 is 6.09 Å². The average molecular weight is 380 g/mol. The highest BCUT2D eigenvalue weighted by Gasteiger charge is 2.33. The third-order valence-corrected chi connectivity index (χ3v) is 5.58. The quantitative estimate of drug-likeness (QED) is 0.787. The number of hydrogen-bond donors (Lipinski definition) is 0. The van der Waals surface area contributed by atoms with Crippen molar-refractivity contribution >= 4 is 22.0 Å². The first kappa shape index (κ1) is 18.7. The van der Waals surface area contributed by atoms with Crippen LogP contribution in [0.3, 0.4) is 0 Å². The lowest BCUT2D eigenvalue weighted by Gasteiger charge is -2.36. The fraction of sp³-hybridized carbons (Fsp3) is 0.556. The molecule has 0 aromatic heterocycles. The normalized spacial score (nSPS) is 21.7. The Kier molecular flexibility index (Phi) is 4.96. The Morgan fingerprint density at radius 2 is 2.00 bits per heavy atom. The second-order valence-electron chi connectivity index (χ2n) is 7.50. The number of nitrogens with zero attached hydrogens (tertiary/aromatic N) is 2. The summed E-state index contributed by atoms with van der Waals surface area (Å²) in [6.07, 6.45) is 2.30. The molecule has 0 radical (unpaired) electrons. The summed E-state index contributed by atoms with van der Waals surface area (Å²) < 4.78 is 39.1. The Morgan fingerprint density at radius 1 is 1.27 bits per heavy atom. The van der Waals surface area contributed by atoms with Gasteiger partial charge < -0.3 is 14.4 Å². The molecule has 0 N–H and O–H groups in total. The molecule has 7 nitrogen and oxygen atoms in total. The molecule has 3 rings (SSSR count). The van der Waals surface area contributed by atoms with E-state index < -0.39 is 15.6 Å². The Hall–Kier alpha value is -2.09. The fourth-order valence-corrected chi connectivity index (χ4v) is 4.24. The van der Waals surface area contributed by atoms with Gasteiger partial charge in [-0.1, -0.05) is 12.1 Å². The van der Waals surface area contributed by atoms with Gasteiger partial charge in [-0.3, -0.25) is 0 Å². The van der Waals surface area contributed by atoms with Crippen LogP contribution in [0.5, 0.6) is 0 Å². The molecule has 0 aliphatic carbocycles. The molecule has 8 heteroatoms. The molecule has 26 heavy (non-hydrogen) atoms. The van der Waals surface area contributed by atoms with E-state index in [-0.39, 0.29) is 29.5 Å². The number of hydrogen-bond acceptors (Lipinski definition) is 5. The SMILES string of the molecule is CC(C)(C)OC(=O)N1CCCC[C@@H]1COC1=NS(=O)(=O)c2ccccc21. The number of piperidine rings is 1. The van der Waals surface area contributed by atoms with Gasteiger partial charge in [0.05, 0.1) is 11.6 Å². The summed E-state index contributed by atoms with van der Waals surface area (Å²) in [7, 11) is -3.70. The molecule has 2 heterocycles. The third kappa shape index (κ3) is 4.00. The molecular weight excluding hydrogens is 356 g/mol. The highest BCUT2D eigenvalue weighted by Crippen LogP contribution is 2.27. The van der Waals surface area contributed by atoms with E-state index in [1.54, 1.807) is 23.1 Å². The summed E-state index contributed by atoms with van der Waals surface area (Å²) in [6, 6.07) is 6.41. The zero-order chi connectivity index (χ0) is 18.9. The van der Waals surface area contributed by atoms with Crippen LogP contribution in [-0.2, 0) is 19.5 Å². The predicted octanol–water partition coefficient (Wildman–Crippen LogP) is 2.94. The van der Waals surface area contributed by atoms with Crippen molar-refractivity contribution < 1.29 is 22.7 Å². The van der Waals surface area contributed by atoms with E-state index in [1.165, 1.54) is 6.07 Å². The summed E-state index contributed by atoms with van der Waals surface area (Å²) in [5, 5.41) is 0. The molecule has 1 atom stereocenters. The summed E-state index contributed by atoms with van der Waals surface area (Å²) in [5.74, 6) is 0.0929. The van der Waals surface area contributed by atoms with E-state index in [0.717, 1.165) is 19.3 Å². The first-order valence-electron chi connectivity index (χ1n) is 8.74. The minimum absolute atomic E-state index is 0.0929. The van der Waals surface area contributed by atoms with E-state index in [0.29, 0.717) is 12.1 Å². The molecule has 0 spiro atoms. The van der Waals surface area contributed by atoms with Crippen LogP contribution in [0.15, 0.2) is 33.6 Å². The topological polar surface area (TPSA) is 85.3 Å². The maximum absolute atomic E-state index is 12.4. The van der Waals surface area contributed by atoms with Crippen molar-refractivity contribution in [2.45, 2.75) is 56.6 Å². The Labute approximate surface area is 154 Å². The van der Waals surface area contributed by atoms with Crippen LogP contribution < -0.4 is 0 Å². The van der Waals surface area contributed by atoms with Gasteiger partial charge in [-0.05, 0) is 52.2 Å². The van der Waals surface area contributed by atoms with Crippen LogP contribution in [0.2, 0.25) is 0 Å². The first-order chi connectivity index (χ1) is 12.2. The largest absolute Gasteiger partial charge is 0.475 e. The molecule has 1 aromatic carbocycles. The lowest BCUT2D eigenvalue weighted by Crippen LogP contribution is -2.48. The number of sulfonamides is 1. The molecule has 0 bridgehead atoms. The van der Waals surface area contributed by atoms with Gasteiger partial charge in [-0.25, -0.2) is 4.79 Å². The standard InChI is InChI=1S/C18H24N2O5S/c1-18(2,3)25-17(21)20-11-7-6-8-13(20)12-24-16-14-9-4-5-10-15(14)26(22,23)19-16/h4-5,9-10,13H,6-8,11-12H2,1-3H3/t13-/m1/s1. The Morgan fingerprint density at radius 3 is 2.73 bits per heavy atom. The lowest BCUT2D eigenvalue weighted by molar-refractivity contribution is 0.00289. The van der Waals surface area contributed by atoms with Crippen molar-refractivity contribution in [1.29, 1.82) is 0 Å². The van der Waals surface area contributed by atoms with Gasteiger partial charge in [0.15, 0.2) is 0 Å². The fourth-order valence-electron chi connectivity index (χ4n) is 3.09. The molecule has 1 fully saturated rings. The van der Waals surface area contributed by atoms with Gasteiger partial charge in [0, 0.05) is 6.54 Å². The van der Waals surface area contributed by atoms with Crippen molar-refractivity contribution in [3.05, 3.63) is 29.8 Å². The van der Waals surface area contributed by atoms with Crippen molar-refractivity contribution in [3.63, 3.8) is 0 Å². The summed E-state index contributed by atoms with van der Waals surface area (Å²) in [4.78, 5) is 14.3. The van der Waals surface area contributed by atoms with Crippen LogP contribution in [0, 0.1) is 0 Å². The number of likely N-dealkylation sites (tertiary alicyclic amines) is 1. The van der Waals surface area contributed by atoms with E-state index in [4.69, 9.17) is 9.47 Å². The van der Waals surface area contributed by atoms with Gasteiger partial charge in [0.2, 0.25) is 5.90 Å². The molecule has 1 aromatic rings. The molecule has 0 unspecified atom stereocenters. The van der Waals surface area contributed by atoms with Crippen LogP contribution in [0.1, 0.15) is 45.6 Å². The number of amides is 1. The molecule has 0 saturated carbocycles. The van der Waals surface area contributed by atoms with Crippen molar-refractivity contribution in [3.8, 4) is 0 Å². The van der Waals surface area contributed by atoms with Crippen molar-refractivity contribution in [2.24, 2.45) is 4.40 Å². The second-order valence-corrected chi connectivity index (χ2v) is 9.07. The van der Waals surface area contributed by atoms with E-state index in [2.05, 4.69) is 4.40 Å². The van der Waals surface area contributed by atoms with E-state index in [1.807, 2.05) is 20.8 Å². The molecule has 2 aliphatic rings. The van der Waals surface area contributed by atoms with Crippen LogP contribution in [-0.4, -0.2) is 50.1 Å². The molecule has 2 aliphatic heterocycles. The number of ether oxygens (including phenoxy) is 2. The zero-order valence-electron chi connectivity index (χ0n) is 15.3. The van der Waals surface area contributed by atoms with Gasteiger partial charge in [-0.15, -0.1) is 4.40 Å². The molecule has 1 amide bonds. The minimum Gasteiger partial charge on any atom is -0.475 e. The van der Waals surface area contributed by atoms with Crippen LogP contribution >= 0.6 is 0 Å². The Balaban J connectivity index is 1.71. The number of benzene rings is 1.